The molecule has 0 heterocycles. The number of amides is 1. The highest BCUT2D eigenvalue weighted by Crippen LogP contribution is 2.29. The van der Waals surface area contributed by atoms with E-state index in [1.54, 1.807) is 0 Å². The number of unbranched alkanes of at least 4 members (excludes halogenated alkanes) is 1. The average Bonchev–Trinajstić information content (AvgIpc) is 3.34. The number of hydrogen-bond acceptors (Lipinski definition) is 2. The van der Waals surface area contributed by atoms with E-state index < -0.39 is 0 Å². The average molecular weight is 288 g/mol. The summed E-state index contributed by atoms with van der Waals surface area (Å²) in [6.07, 6.45) is 6.21. The molecule has 0 aromatic heterocycles. The number of benzene rings is 1. The van der Waals surface area contributed by atoms with Crippen molar-refractivity contribution in [3.05, 3.63) is 35.4 Å². The first-order valence-corrected chi connectivity index (χ1v) is 8.29. The maximum atomic E-state index is 12.6. The van der Waals surface area contributed by atoms with E-state index in [0.29, 0.717) is 12.6 Å². The Morgan fingerprint density at radius 3 is 2.38 bits per heavy atom. The third-order valence-corrected chi connectivity index (χ3v) is 4.24. The molecule has 3 heteroatoms. The molecule has 1 aromatic rings. The summed E-state index contributed by atoms with van der Waals surface area (Å²) in [4.78, 5) is 14.6. The molecule has 3 nitrogen and oxygen atoms in total. The summed E-state index contributed by atoms with van der Waals surface area (Å²) in [5.74, 6) is 0.130. The van der Waals surface area contributed by atoms with E-state index in [9.17, 15) is 4.79 Å². The predicted octanol–water partition coefficient (Wildman–Crippen LogP) is 3.26. The highest BCUT2D eigenvalue weighted by Gasteiger charge is 2.34. The summed E-state index contributed by atoms with van der Waals surface area (Å²) in [7, 11) is 0. The van der Waals surface area contributed by atoms with Gasteiger partial charge in [-0.05, 0) is 36.8 Å². The van der Waals surface area contributed by atoms with Crippen LogP contribution >= 0.6 is 0 Å². The van der Waals surface area contributed by atoms with Crippen LogP contribution in [0.2, 0.25) is 0 Å². The van der Waals surface area contributed by atoms with Crippen LogP contribution in [0.15, 0.2) is 24.3 Å². The van der Waals surface area contributed by atoms with Gasteiger partial charge in [0.2, 0.25) is 5.91 Å². The molecule has 1 aromatic carbocycles. The maximum Gasteiger partial charge on any atom is 0.240 e. The molecular formula is C18H28N2O. The molecule has 116 valence electrons. The van der Waals surface area contributed by atoms with E-state index >= 15 is 0 Å². The summed E-state index contributed by atoms with van der Waals surface area (Å²) < 4.78 is 0. The fourth-order valence-corrected chi connectivity index (χ4v) is 2.61. The summed E-state index contributed by atoms with van der Waals surface area (Å²) in [5, 5.41) is 0. The van der Waals surface area contributed by atoms with Crippen LogP contribution in [0.1, 0.15) is 57.1 Å². The van der Waals surface area contributed by atoms with Crippen molar-refractivity contribution in [3.63, 3.8) is 0 Å². The molecule has 2 rings (SSSR count). The van der Waals surface area contributed by atoms with Gasteiger partial charge in [-0.1, -0.05) is 51.0 Å². The lowest BCUT2D eigenvalue weighted by atomic mass is 10.1. The van der Waals surface area contributed by atoms with Gasteiger partial charge in [-0.25, -0.2) is 0 Å². The van der Waals surface area contributed by atoms with Crippen LogP contribution in [0, 0.1) is 0 Å². The molecule has 21 heavy (non-hydrogen) atoms. The molecule has 0 radical (unpaired) electrons. The molecule has 1 amide bonds. The van der Waals surface area contributed by atoms with Crippen molar-refractivity contribution in [2.24, 2.45) is 5.73 Å². The van der Waals surface area contributed by atoms with E-state index in [-0.39, 0.29) is 11.9 Å². The number of nitrogens with zero attached hydrogens (tertiary/aromatic N) is 1. The lowest BCUT2D eigenvalue weighted by molar-refractivity contribution is -0.134. The zero-order valence-electron chi connectivity index (χ0n) is 13.3. The minimum atomic E-state index is -0.333. The summed E-state index contributed by atoms with van der Waals surface area (Å²) in [5.41, 5.74) is 8.62. The second-order valence-electron chi connectivity index (χ2n) is 6.12. The van der Waals surface area contributed by atoms with Gasteiger partial charge in [0.15, 0.2) is 0 Å². The number of nitrogens with two attached hydrogens (primary N) is 1. The fraction of sp³-hybridized carbons (Fsp3) is 0.611. The fourth-order valence-electron chi connectivity index (χ4n) is 2.61. The van der Waals surface area contributed by atoms with Gasteiger partial charge in [-0.3, -0.25) is 4.79 Å². The van der Waals surface area contributed by atoms with Crippen LogP contribution in [0.5, 0.6) is 0 Å². The van der Waals surface area contributed by atoms with Crippen molar-refractivity contribution in [1.82, 2.24) is 4.90 Å². The van der Waals surface area contributed by atoms with Crippen molar-refractivity contribution in [2.75, 3.05) is 0 Å². The molecule has 1 saturated carbocycles. The smallest absolute Gasteiger partial charge is 0.240 e. The van der Waals surface area contributed by atoms with Gasteiger partial charge in [-0.15, -0.1) is 0 Å². The van der Waals surface area contributed by atoms with Crippen molar-refractivity contribution in [2.45, 2.75) is 71.0 Å². The molecule has 1 aliphatic carbocycles. The number of rotatable bonds is 8. The van der Waals surface area contributed by atoms with Gasteiger partial charge in [0, 0.05) is 12.6 Å². The Hall–Kier alpha value is -1.35. The maximum absolute atomic E-state index is 12.6. The van der Waals surface area contributed by atoms with E-state index in [2.05, 4.69) is 38.1 Å². The Bertz CT molecular complexity index is 451. The molecule has 0 unspecified atom stereocenters. The van der Waals surface area contributed by atoms with Crippen LogP contribution < -0.4 is 5.73 Å². The van der Waals surface area contributed by atoms with Crippen LogP contribution in [0.25, 0.3) is 0 Å². The SMILES string of the molecule is CCCC[C@H](N)C(=O)N(Cc1ccc(CC)cc1)C1CC1. The van der Waals surface area contributed by atoms with Crippen LogP contribution in [-0.4, -0.2) is 22.9 Å². The number of aryl methyl sites for hydroxylation is 1. The Balaban J connectivity index is 1.99. The Kier molecular flexibility index (Phi) is 5.80. The van der Waals surface area contributed by atoms with E-state index in [4.69, 9.17) is 5.73 Å². The van der Waals surface area contributed by atoms with Crippen molar-refractivity contribution < 1.29 is 4.79 Å². The first kappa shape index (κ1) is 16.0. The van der Waals surface area contributed by atoms with Gasteiger partial charge in [0.05, 0.1) is 6.04 Å². The van der Waals surface area contributed by atoms with Crippen molar-refractivity contribution in [1.29, 1.82) is 0 Å². The highest BCUT2D eigenvalue weighted by atomic mass is 16.2. The molecule has 1 atom stereocenters. The lowest BCUT2D eigenvalue weighted by Gasteiger charge is -2.26. The van der Waals surface area contributed by atoms with E-state index in [1.807, 2.05) is 4.90 Å². The van der Waals surface area contributed by atoms with Crippen LogP contribution in [0.4, 0.5) is 0 Å². The summed E-state index contributed by atoms with van der Waals surface area (Å²) in [6.45, 7) is 4.99. The molecule has 1 fully saturated rings. The topological polar surface area (TPSA) is 46.3 Å². The number of carbonyl (C=O) groups excluding carboxylic acids is 1. The second-order valence-corrected chi connectivity index (χ2v) is 6.12. The van der Waals surface area contributed by atoms with Gasteiger partial charge >= 0.3 is 0 Å². The first-order chi connectivity index (χ1) is 10.2. The Labute approximate surface area is 128 Å². The Morgan fingerprint density at radius 2 is 1.86 bits per heavy atom. The minimum absolute atomic E-state index is 0.130. The van der Waals surface area contributed by atoms with Crippen LogP contribution in [0.3, 0.4) is 0 Å². The normalized spacial score (nSPS) is 15.8. The molecule has 0 spiro atoms. The minimum Gasteiger partial charge on any atom is -0.334 e. The van der Waals surface area contributed by atoms with Crippen LogP contribution in [-0.2, 0) is 17.8 Å². The summed E-state index contributed by atoms with van der Waals surface area (Å²) >= 11 is 0. The van der Waals surface area contributed by atoms with Gasteiger partial charge in [0.25, 0.3) is 0 Å². The molecule has 2 N–H and O–H groups in total. The third kappa shape index (κ3) is 4.57. The van der Waals surface area contributed by atoms with Crippen molar-refractivity contribution >= 4 is 5.91 Å². The molecule has 0 bridgehead atoms. The number of carbonyl (C=O) groups is 1. The molecule has 1 aliphatic rings. The Morgan fingerprint density at radius 1 is 1.24 bits per heavy atom. The first-order valence-electron chi connectivity index (χ1n) is 8.29. The summed E-state index contributed by atoms with van der Waals surface area (Å²) in [6, 6.07) is 8.67. The quantitative estimate of drug-likeness (QED) is 0.798. The van der Waals surface area contributed by atoms with Gasteiger partial charge in [0.1, 0.15) is 0 Å². The van der Waals surface area contributed by atoms with Gasteiger partial charge in [-0.2, -0.15) is 0 Å². The highest BCUT2D eigenvalue weighted by molar-refractivity contribution is 5.82. The third-order valence-electron chi connectivity index (χ3n) is 4.24. The molecular weight excluding hydrogens is 260 g/mol. The molecule has 0 saturated heterocycles. The number of hydrogen-bond donors (Lipinski definition) is 1. The largest absolute Gasteiger partial charge is 0.334 e. The van der Waals surface area contributed by atoms with E-state index in [0.717, 1.165) is 38.5 Å². The van der Waals surface area contributed by atoms with Gasteiger partial charge < -0.3 is 10.6 Å². The second kappa shape index (κ2) is 7.60. The lowest BCUT2D eigenvalue weighted by Crippen LogP contribution is -2.44. The molecule has 0 aliphatic heterocycles. The van der Waals surface area contributed by atoms with Crippen molar-refractivity contribution in [3.8, 4) is 0 Å². The van der Waals surface area contributed by atoms with E-state index in [1.165, 1.54) is 11.1 Å². The zero-order valence-corrected chi connectivity index (χ0v) is 13.3. The zero-order chi connectivity index (χ0) is 15.2. The monoisotopic (exact) mass is 288 g/mol. The predicted molar refractivity (Wildman–Crippen MR) is 86.9 cm³/mol. The standard InChI is InChI=1S/C18H28N2O/c1-3-5-6-17(19)18(21)20(16-11-12-16)13-15-9-7-14(4-2)8-10-15/h7-10,16-17H,3-6,11-13,19H2,1-2H3/t17-/m0/s1.